The number of rotatable bonds is 5. The smallest absolute Gasteiger partial charge is 0.137 e. The topological polar surface area (TPSA) is 16.4 Å². The van der Waals surface area contributed by atoms with Gasteiger partial charge in [-0.1, -0.05) is 157 Å². The Bertz CT molecular complexity index is 3170. The highest BCUT2D eigenvalue weighted by molar-refractivity contribution is 6.15. The summed E-state index contributed by atoms with van der Waals surface area (Å²) in [5, 5.41) is 9.84. The molecule has 0 saturated heterocycles. The predicted molar refractivity (Wildman–Crippen MR) is 249 cm³/mol. The Balaban J connectivity index is 1.14. The maximum Gasteiger partial charge on any atom is 0.137 e. The summed E-state index contributed by atoms with van der Waals surface area (Å²) in [6, 6.07) is 64.7. The number of para-hydroxylation sites is 1. The summed E-state index contributed by atoms with van der Waals surface area (Å²) in [5.41, 5.74) is 12.6. The van der Waals surface area contributed by atoms with Gasteiger partial charge in [0.25, 0.3) is 0 Å². The fraction of sp³-hybridized carbons (Fsp3) is 0.143. The molecule has 0 aliphatic rings. The lowest BCUT2D eigenvalue weighted by atomic mass is 9.82. The molecular weight excluding hydrogens is 703 g/mol. The molecular formula is C56H47NO. The molecule has 58 heavy (non-hydrogen) atoms. The molecule has 0 saturated carbocycles. The van der Waals surface area contributed by atoms with E-state index < -0.39 is 0 Å². The number of hydrogen-bond acceptors (Lipinski definition) is 2. The van der Waals surface area contributed by atoms with Crippen molar-refractivity contribution in [2.24, 2.45) is 0 Å². The van der Waals surface area contributed by atoms with E-state index in [1.807, 2.05) is 6.07 Å². The molecule has 0 unspecified atom stereocenters. The van der Waals surface area contributed by atoms with Gasteiger partial charge in [0.1, 0.15) is 11.2 Å². The van der Waals surface area contributed by atoms with Crippen LogP contribution in [0.1, 0.15) is 52.7 Å². The maximum atomic E-state index is 6.42. The number of furan rings is 1. The van der Waals surface area contributed by atoms with E-state index in [-0.39, 0.29) is 10.8 Å². The quantitative estimate of drug-likeness (QED) is 0.163. The van der Waals surface area contributed by atoms with E-state index in [4.69, 9.17) is 4.42 Å². The molecule has 10 rings (SSSR count). The van der Waals surface area contributed by atoms with Crippen molar-refractivity contribution in [3.8, 4) is 22.3 Å². The Morgan fingerprint density at radius 1 is 0.379 bits per heavy atom. The van der Waals surface area contributed by atoms with Crippen LogP contribution in [0.15, 0.2) is 180 Å². The van der Waals surface area contributed by atoms with Gasteiger partial charge in [0.15, 0.2) is 0 Å². The Morgan fingerprint density at radius 3 is 1.71 bits per heavy atom. The zero-order valence-electron chi connectivity index (χ0n) is 34.1. The first kappa shape index (κ1) is 35.8. The van der Waals surface area contributed by atoms with Gasteiger partial charge in [-0.05, 0) is 137 Å². The Morgan fingerprint density at radius 2 is 0.983 bits per heavy atom. The minimum atomic E-state index is 0.0307. The predicted octanol–water partition coefficient (Wildman–Crippen LogP) is 16.4. The third-order valence-corrected chi connectivity index (χ3v) is 11.9. The molecule has 282 valence electrons. The summed E-state index contributed by atoms with van der Waals surface area (Å²) in [7, 11) is 0. The van der Waals surface area contributed by atoms with Gasteiger partial charge in [0.2, 0.25) is 0 Å². The number of hydrogen-bond donors (Lipinski definition) is 0. The zero-order chi connectivity index (χ0) is 39.8. The summed E-state index contributed by atoms with van der Waals surface area (Å²) in [6.45, 7) is 13.8. The zero-order valence-corrected chi connectivity index (χ0v) is 34.1. The molecule has 0 amide bonds. The summed E-state index contributed by atoms with van der Waals surface area (Å²) in [5.74, 6) is 0. The van der Waals surface area contributed by atoms with Crippen molar-refractivity contribution in [3.63, 3.8) is 0 Å². The highest BCUT2D eigenvalue weighted by atomic mass is 16.3. The van der Waals surface area contributed by atoms with Crippen LogP contribution in [0.25, 0.3) is 76.5 Å². The van der Waals surface area contributed by atoms with E-state index in [9.17, 15) is 0 Å². The summed E-state index contributed by atoms with van der Waals surface area (Å²) < 4.78 is 6.42. The first-order chi connectivity index (χ1) is 28.0. The van der Waals surface area contributed by atoms with Crippen molar-refractivity contribution < 1.29 is 4.42 Å². The van der Waals surface area contributed by atoms with Crippen LogP contribution < -0.4 is 4.90 Å². The molecule has 0 aliphatic carbocycles. The standard InChI is InChI=1S/C56H47NO/c1-55(2,3)42-24-30-46-41(33-42)34-49(50-35-43(56(4,5)6)25-31-47(46)50)38-22-28-45(29-23-38)57(51-15-11-17-53-54(51)48-14-9-10-16-52(48)58-53)44-26-20-37(21-27-44)40-19-18-36-12-7-8-13-39(36)32-40/h7-35H,1-6H3. The van der Waals surface area contributed by atoms with Gasteiger partial charge in [-0.2, -0.15) is 0 Å². The van der Waals surface area contributed by atoms with Gasteiger partial charge in [-0.25, -0.2) is 0 Å². The van der Waals surface area contributed by atoms with Crippen LogP contribution in [-0.2, 0) is 10.8 Å². The van der Waals surface area contributed by atoms with Crippen molar-refractivity contribution in [3.05, 3.63) is 187 Å². The Labute approximate surface area is 341 Å². The second kappa shape index (κ2) is 13.5. The largest absolute Gasteiger partial charge is 0.456 e. The molecule has 1 aromatic heterocycles. The molecule has 0 spiro atoms. The van der Waals surface area contributed by atoms with E-state index in [0.717, 1.165) is 39.0 Å². The van der Waals surface area contributed by atoms with Crippen LogP contribution in [0.3, 0.4) is 0 Å². The normalized spacial score (nSPS) is 12.3. The highest BCUT2D eigenvalue weighted by Gasteiger charge is 2.22. The lowest BCUT2D eigenvalue weighted by molar-refractivity contribution is 0.590. The highest BCUT2D eigenvalue weighted by Crippen LogP contribution is 2.45. The molecule has 0 aliphatic heterocycles. The minimum absolute atomic E-state index is 0.0307. The van der Waals surface area contributed by atoms with E-state index in [2.05, 4.69) is 216 Å². The third-order valence-electron chi connectivity index (χ3n) is 11.9. The molecule has 0 radical (unpaired) electrons. The van der Waals surface area contributed by atoms with Gasteiger partial charge in [0.05, 0.1) is 11.1 Å². The van der Waals surface area contributed by atoms with Crippen LogP contribution in [0, 0.1) is 0 Å². The first-order valence-electron chi connectivity index (χ1n) is 20.4. The fourth-order valence-corrected chi connectivity index (χ4v) is 8.67. The van der Waals surface area contributed by atoms with E-state index in [1.54, 1.807) is 0 Å². The van der Waals surface area contributed by atoms with Gasteiger partial charge >= 0.3 is 0 Å². The van der Waals surface area contributed by atoms with Crippen molar-refractivity contribution >= 4 is 71.3 Å². The van der Waals surface area contributed by atoms with Crippen LogP contribution in [0.4, 0.5) is 17.1 Å². The number of fused-ring (bicyclic) bond motifs is 7. The average molecular weight is 750 g/mol. The SMILES string of the molecule is CC(C)(C)c1ccc2c(c1)cc(-c1ccc(N(c3ccc(-c4ccc5ccccc5c4)cc3)c3cccc4oc5ccccc5c34)cc1)c1cc(C(C)(C)C)ccc12. The molecule has 2 heteroatoms. The van der Waals surface area contributed by atoms with Gasteiger partial charge in [-0.15, -0.1) is 0 Å². The Kier molecular flexibility index (Phi) is 8.32. The fourth-order valence-electron chi connectivity index (χ4n) is 8.67. The van der Waals surface area contributed by atoms with E-state index in [0.29, 0.717) is 0 Å². The van der Waals surface area contributed by atoms with Crippen LogP contribution in [-0.4, -0.2) is 0 Å². The van der Waals surface area contributed by atoms with Crippen molar-refractivity contribution in [2.75, 3.05) is 4.90 Å². The molecule has 0 atom stereocenters. The van der Waals surface area contributed by atoms with Crippen molar-refractivity contribution in [1.82, 2.24) is 0 Å². The van der Waals surface area contributed by atoms with Crippen LogP contribution >= 0.6 is 0 Å². The second-order valence-corrected chi connectivity index (χ2v) is 17.9. The molecule has 9 aromatic carbocycles. The minimum Gasteiger partial charge on any atom is -0.456 e. The number of nitrogens with zero attached hydrogens (tertiary/aromatic N) is 1. The molecule has 0 fully saturated rings. The average Bonchev–Trinajstić information content (AvgIpc) is 3.62. The lowest BCUT2D eigenvalue weighted by Gasteiger charge is -2.27. The van der Waals surface area contributed by atoms with E-state index >= 15 is 0 Å². The van der Waals surface area contributed by atoms with E-state index in [1.165, 1.54) is 65.7 Å². The van der Waals surface area contributed by atoms with Crippen molar-refractivity contribution in [2.45, 2.75) is 52.4 Å². The molecule has 10 aromatic rings. The second-order valence-electron chi connectivity index (χ2n) is 17.9. The maximum absolute atomic E-state index is 6.42. The Hall–Kier alpha value is -6.64. The summed E-state index contributed by atoms with van der Waals surface area (Å²) in [6.07, 6.45) is 0. The summed E-state index contributed by atoms with van der Waals surface area (Å²) >= 11 is 0. The van der Waals surface area contributed by atoms with Gasteiger partial charge in [-0.3, -0.25) is 0 Å². The number of anilines is 3. The first-order valence-corrected chi connectivity index (χ1v) is 20.4. The van der Waals surface area contributed by atoms with Gasteiger partial charge < -0.3 is 9.32 Å². The molecule has 0 bridgehead atoms. The van der Waals surface area contributed by atoms with Gasteiger partial charge in [0, 0.05) is 16.8 Å². The molecule has 2 nitrogen and oxygen atoms in total. The third kappa shape index (κ3) is 6.21. The lowest BCUT2D eigenvalue weighted by Crippen LogP contribution is -2.11. The number of benzene rings is 9. The van der Waals surface area contributed by atoms with Crippen LogP contribution in [0.2, 0.25) is 0 Å². The van der Waals surface area contributed by atoms with Crippen molar-refractivity contribution in [1.29, 1.82) is 0 Å². The monoisotopic (exact) mass is 749 g/mol. The van der Waals surface area contributed by atoms with Crippen LogP contribution in [0.5, 0.6) is 0 Å². The molecule has 1 heterocycles. The summed E-state index contributed by atoms with van der Waals surface area (Å²) in [4.78, 5) is 2.38. The molecule has 0 N–H and O–H groups in total.